The standard InChI is InChI=1S/C14H8Cl2F3NO2/c15-10-3-1-2-8(13(10)16)11-4-7(5-12(21)22)9(6-20-11)14(17,18)19/h1-4,6H,5H2,(H,21,22). The molecule has 0 saturated heterocycles. The number of aliphatic carboxylic acids is 1. The summed E-state index contributed by atoms with van der Waals surface area (Å²) in [5.74, 6) is -1.38. The van der Waals surface area contributed by atoms with Gasteiger partial charge in [0.05, 0.1) is 27.7 Å². The number of nitrogens with zero attached hydrogens (tertiary/aromatic N) is 1. The van der Waals surface area contributed by atoms with Gasteiger partial charge in [-0.1, -0.05) is 35.3 Å². The average molecular weight is 350 g/mol. The molecule has 8 heteroatoms. The van der Waals surface area contributed by atoms with Crippen molar-refractivity contribution >= 4 is 29.2 Å². The lowest BCUT2D eigenvalue weighted by Crippen LogP contribution is -2.13. The summed E-state index contributed by atoms with van der Waals surface area (Å²) >= 11 is 11.9. The van der Waals surface area contributed by atoms with Crippen molar-refractivity contribution in [1.82, 2.24) is 4.98 Å². The largest absolute Gasteiger partial charge is 0.481 e. The molecule has 1 aromatic heterocycles. The molecule has 0 aliphatic carbocycles. The zero-order chi connectivity index (χ0) is 16.5. The summed E-state index contributed by atoms with van der Waals surface area (Å²) in [5, 5.41) is 9.14. The van der Waals surface area contributed by atoms with Gasteiger partial charge in [0.2, 0.25) is 0 Å². The summed E-state index contributed by atoms with van der Waals surface area (Å²) in [6, 6.07) is 5.69. The van der Waals surface area contributed by atoms with E-state index in [9.17, 15) is 18.0 Å². The van der Waals surface area contributed by atoms with E-state index in [1.54, 1.807) is 6.07 Å². The second kappa shape index (κ2) is 6.14. The van der Waals surface area contributed by atoms with Gasteiger partial charge in [0, 0.05) is 11.8 Å². The summed E-state index contributed by atoms with van der Waals surface area (Å²) in [7, 11) is 0. The van der Waals surface area contributed by atoms with Gasteiger partial charge in [-0.15, -0.1) is 0 Å². The molecule has 0 aliphatic heterocycles. The lowest BCUT2D eigenvalue weighted by atomic mass is 10.0. The minimum atomic E-state index is -4.69. The molecule has 2 rings (SSSR count). The summed E-state index contributed by atoms with van der Waals surface area (Å²) in [6.07, 6.45) is -4.86. The highest BCUT2D eigenvalue weighted by atomic mass is 35.5. The molecule has 1 N–H and O–H groups in total. The molecule has 1 aromatic carbocycles. The Balaban J connectivity index is 2.60. The third kappa shape index (κ3) is 3.51. The Labute approximate surface area is 133 Å². The maximum atomic E-state index is 12.9. The molecular weight excluding hydrogens is 342 g/mol. The molecule has 1 heterocycles. The molecule has 0 fully saturated rings. The van der Waals surface area contributed by atoms with Gasteiger partial charge in [-0.25, -0.2) is 0 Å². The van der Waals surface area contributed by atoms with Crippen molar-refractivity contribution in [3.8, 4) is 11.3 Å². The van der Waals surface area contributed by atoms with Crippen LogP contribution in [0.25, 0.3) is 11.3 Å². The number of alkyl halides is 3. The first-order valence-electron chi connectivity index (χ1n) is 5.92. The number of benzene rings is 1. The number of aromatic nitrogens is 1. The zero-order valence-electron chi connectivity index (χ0n) is 10.8. The highest BCUT2D eigenvalue weighted by molar-refractivity contribution is 6.43. The molecule has 22 heavy (non-hydrogen) atoms. The normalized spacial score (nSPS) is 11.5. The molecule has 3 nitrogen and oxygen atoms in total. The van der Waals surface area contributed by atoms with Crippen LogP contribution in [0.1, 0.15) is 11.1 Å². The van der Waals surface area contributed by atoms with Crippen molar-refractivity contribution in [1.29, 1.82) is 0 Å². The quantitative estimate of drug-likeness (QED) is 0.873. The maximum Gasteiger partial charge on any atom is 0.418 e. The van der Waals surface area contributed by atoms with E-state index in [-0.39, 0.29) is 21.3 Å². The van der Waals surface area contributed by atoms with Crippen LogP contribution in [0.4, 0.5) is 13.2 Å². The summed E-state index contributed by atoms with van der Waals surface area (Å²) in [5.41, 5.74) is -1.02. The van der Waals surface area contributed by atoms with Crippen molar-refractivity contribution < 1.29 is 23.1 Å². The third-order valence-corrected chi connectivity index (χ3v) is 3.68. The van der Waals surface area contributed by atoms with Crippen LogP contribution in [-0.4, -0.2) is 16.1 Å². The predicted octanol–water partition coefficient (Wildman–Crippen LogP) is 4.70. The molecule has 0 spiro atoms. The highest BCUT2D eigenvalue weighted by Crippen LogP contribution is 2.36. The molecule has 0 bridgehead atoms. The van der Waals surface area contributed by atoms with E-state index < -0.39 is 24.1 Å². The van der Waals surface area contributed by atoms with E-state index in [1.807, 2.05) is 0 Å². The van der Waals surface area contributed by atoms with Crippen LogP contribution < -0.4 is 0 Å². The Morgan fingerprint density at radius 2 is 1.95 bits per heavy atom. The Morgan fingerprint density at radius 1 is 1.27 bits per heavy atom. The summed E-state index contributed by atoms with van der Waals surface area (Å²) in [4.78, 5) is 14.5. The maximum absolute atomic E-state index is 12.9. The lowest BCUT2D eigenvalue weighted by molar-refractivity contribution is -0.139. The molecule has 2 aromatic rings. The summed E-state index contributed by atoms with van der Waals surface area (Å²) < 4.78 is 38.7. The van der Waals surface area contributed by atoms with Gasteiger partial charge in [0.15, 0.2) is 0 Å². The fraction of sp³-hybridized carbons (Fsp3) is 0.143. The first-order valence-corrected chi connectivity index (χ1v) is 6.68. The van der Waals surface area contributed by atoms with Crippen molar-refractivity contribution in [3.63, 3.8) is 0 Å². The van der Waals surface area contributed by atoms with Crippen LogP contribution in [0.3, 0.4) is 0 Å². The zero-order valence-corrected chi connectivity index (χ0v) is 12.3. The molecule has 0 aliphatic rings. The molecule has 0 unspecified atom stereocenters. The Kier molecular flexibility index (Phi) is 4.63. The van der Waals surface area contributed by atoms with Gasteiger partial charge in [-0.2, -0.15) is 13.2 Å². The SMILES string of the molecule is O=C(O)Cc1cc(-c2cccc(Cl)c2Cl)ncc1C(F)(F)F. The fourth-order valence-electron chi connectivity index (χ4n) is 1.91. The number of pyridine rings is 1. The van der Waals surface area contributed by atoms with Crippen LogP contribution in [0.15, 0.2) is 30.5 Å². The highest BCUT2D eigenvalue weighted by Gasteiger charge is 2.34. The van der Waals surface area contributed by atoms with Crippen molar-refractivity contribution in [2.45, 2.75) is 12.6 Å². The second-order valence-corrected chi connectivity index (χ2v) is 5.18. The van der Waals surface area contributed by atoms with Gasteiger partial charge < -0.3 is 5.11 Å². The summed E-state index contributed by atoms with van der Waals surface area (Å²) in [6.45, 7) is 0. The number of carboxylic acids is 1. The Morgan fingerprint density at radius 3 is 2.55 bits per heavy atom. The van der Waals surface area contributed by atoms with E-state index in [2.05, 4.69) is 4.98 Å². The third-order valence-electron chi connectivity index (χ3n) is 2.86. The van der Waals surface area contributed by atoms with Crippen molar-refractivity contribution in [2.24, 2.45) is 0 Å². The average Bonchev–Trinajstić information content (AvgIpc) is 2.40. The Bertz CT molecular complexity index is 733. The predicted molar refractivity (Wildman–Crippen MR) is 76.0 cm³/mol. The Hall–Kier alpha value is -1.79. The lowest BCUT2D eigenvalue weighted by Gasteiger charge is -2.13. The smallest absolute Gasteiger partial charge is 0.418 e. The number of hydrogen-bond donors (Lipinski definition) is 1. The van der Waals surface area contributed by atoms with Gasteiger partial charge in [-0.3, -0.25) is 9.78 Å². The van der Waals surface area contributed by atoms with Crippen LogP contribution in [0.2, 0.25) is 10.0 Å². The van der Waals surface area contributed by atoms with Crippen LogP contribution in [0.5, 0.6) is 0 Å². The molecular formula is C14H8Cl2F3NO2. The minimum absolute atomic E-state index is 0.122. The number of halogens is 5. The number of hydrogen-bond acceptors (Lipinski definition) is 2. The molecule has 0 amide bonds. The van der Waals surface area contributed by atoms with E-state index >= 15 is 0 Å². The van der Waals surface area contributed by atoms with Gasteiger partial charge >= 0.3 is 12.1 Å². The van der Waals surface area contributed by atoms with Crippen LogP contribution in [0, 0.1) is 0 Å². The van der Waals surface area contributed by atoms with Crippen LogP contribution in [-0.2, 0) is 17.4 Å². The van der Waals surface area contributed by atoms with Gasteiger partial charge in [0.1, 0.15) is 0 Å². The van der Waals surface area contributed by atoms with Gasteiger partial charge in [-0.05, 0) is 17.7 Å². The molecule has 0 atom stereocenters. The first kappa shape index (κ1) is 16.6. The molecule has 116 valence electrons. The molecule has 0 saturated carbocycles. The fourth-order valence-corrected chi connectivity index (χ4v) is 2.31. The minimum Gasteiger partial charge on any atom is -0.481 e. The van der Waals surface area contributed by atoms with Crippen molar-refractivity contribution in [3.05, 3.63) is 51.6 Å². The second-order valence-electron chi connectivity index (χ2n) is 4.40. The topological polar surface area (TPSA) is 50.2 Å². The molecule has 0 radical (unpaired) electrons. The number of carboxylic acid groups (broad SMARTS) is 1. The number of rotatable bonds is 3. The van der Waals surface area contributed by atoms with Gasteiger partial charge in [0.25, 0.3) is 0 Å². The first-order chi connectivity index (χ1) is 10.2. The van der Waals surface area contributed by atoms with E-state index in [1.165, 1.54) is 12.1 Å². The van der Waals surface area contributed by atoms with E-state index in [0.29, 0.717) is 11.8 Å². The van der Waals surface area contributed by atoms with Crippen molar-refractivity contribution in [2.75, 3.05) is 0 Å². The van der Waals surface area contributed by atoms with E-state index in [4.69, 9.17) is 28.3 Å². The number of carbonyl (C=O) groups is 1. The van der Waals surface area contributed by atoms with Crippen LogP contribution >= 0.6 is 23.2 Å². The van der Waals surface area contributed by atoms with E-state index in [0.717, 1.165) is 6.07 Å². The monoisotopic (exact) mass is 349 g/mol.